The van der Waals surface area contributed by atoms with Gasteiger partial charge in [-0.1, -0.05) is 36.4 Å². The SMILES string of the molecule is CC(N)CC(=O)NCc1cccc(Cn2cnc3ccccc32)c1.Cl.Cl. The number of nitrogens with one attached hydrogen (secondary N) is 1. The van der Waals surface area contributed by atoms with Crippen LogP contribution in [0.2, 0.25) is 0 Å². The van der Waals surface area contributed by atoms with Crippen molar-refractivity contribution in [3.8, 4) is 0 Å². The van der Waals surface area contributed by atoms with Crippen molar-refractivity contribution in [2.24, 2.45) is 5.73 Å². The molecule has 0 saturated heterocycles. The zero-order chi connectivity index (χ0) is 16.9. The summed E-state index contributed by atoms with van der Waals surface area (Å²) in [4.78, 5) is 16.1. The molecule has 0 aliphatic rings. The summed E-state index contributed by atoms with van der Waals surface area (Å²) in [5.74, 6) is -0.0176. The second-order valence-electron chi connectivity index (χ2n) is 6.14. The van der Waals surface area contributed by atoms with E-state index >= 15 is 0 Å². The van der Waals surface area contributed by atoms with Gasteiger partial charge < -0.3 is 15.6 Å². The largest absolute Gasteiger partial charge is 0.352 e. The fraction of sp³-hybridized carbons (Fsp3) is 0.263. The van der Waals surface area contributed by atoms with Crippen LogP contribution < -0.4 is 11.1 Å². The molecule has 1 aromatic heterocycles. The van der Waals surface area contributed by atoms with E-state index in [-0.39, 0.29) is 36.8 Å². The van der Waals surface area contributed by atoms with Crippen molar-refractivity contribution < 1.29 is 4.79 Å². The highest BCUT2D eigenvalue weighted by atomic mass is 35.5. The van der Waals surface area contributed by atoms with Gasteiger partial charge >= 0.3 is 0 Å². The molecule has 3 N–H and O–H groups in total. The van der Waals surface area contributed by atoms with Gasteiger partial charge in [0.1, 0.15) is 0 Å². The number of nitrogens with zero attached hydrogens (tertiary/aromatic N) is 2. The Bertz CT molecular complexity index is 848. The zero-order valence-corrected chi connectivity index (χ0v) is 16.2. The summed E-state index contributed by atoms with van der Waals surface area (Å²) in [6, 6.07) is 16.2. The fourth-order valence-corrected chi connectivity index (χ4v) is 2.74. The molecule has 1 heterocycles. The van der Waals surface area contributed by atoms with Crippen LogP contribution >= 0.6 is 24.8 Å². The summed E-state index contributed by atoms with van der Waals surface area (Å²) in [7, 11) is 0. The van der Waals surface area contributed by atoms with Crippen LogP contribution in [0.4, 0.5) is 0 Å². The van der Waals surface area contributed by atoms with Crippen LogP contribution in [0.3, 0.4) is 0 Å². The number of rotatable bonds is 6. The van der Waals surface area contributed by atoms with E-state index in [1.807, 2.05) is 43.6 Å². The Kier molecular flexibility index (Phi) is 8.58. The average Bonchev–Trinajstić information content (AvgIpc) is 2.96. The summed E-state index contributed by atoms with van der Waals surface area (Å²) >= 11 is 0. The average molecular weight is 395 g/mol. The molecule has 3 rings (SSSR count). The normalized spacial score (nSPS) is 11.3. The molecule has 3 aromatic rings. The lowest BCUT2D eigenvalue weighted by molar-refractivity contribution is -0.121. The highest BCUT2D eigenvalue weighted by molar-refractivity contribution is 5.85. The number of benzene rings is 2. The van der Waals surface area contributed by atoms with Gasteiger partial charge in [-0.2, -0.15) is 0 Å². The van der Waals surface area contributed by atoms with Gasteiger partial charge in [0.25, 0.3) is 0 Å². The number of carbonyl (C=O) groups excluding carboxylic acids is 1. The summed E-state index contributed by atoms with van der Waals surface area (Å²) in [5.41, 5.74) is 10.0. The van der Waals surface area contributed by atoms with Crippen LogP contribution in [0.5, 0.6) is 0 Å². The maximum atomic E-state index is 11.7. The number of hydrogen-bond donors (Lipinski definition) is 2. The molecule has 0 aliphatic heterocycles. The minimum absolute atomic E-state index is 0. The molecule has 0 aliphatic carbocycles. The van der Waals surface area contributed by atoms with E-state index < -0.39 is 0 Å². The summed E-state index contributed by atoms with van der Waals surface area (Å²) < 4.78 is 2.13. The number of imidazole rings is 1. The molecule has 2 aromatic carbocycles. The number of carbonyl (C=O) groups is 1. The van der Waals surface area contributed by atoms with Gasteiger partial charge in [-0.15, -0.1) is 24.8 Å². The van der Waals surface area contributed by atoms with Crippen LogP contribution in [0.1, 0.15) is 24.5 Å². The monoisotopic (exact) mass is 394 g/mol. The van der Waals surface area contributed by atoms with Crippen LogP contribution in [-0.2, 0) is 17.9 Å². The molecule has 1 atom stereocenters. The first-order valence-electron chi connectivity index (χ1n) is 8.12. The van der Waals surface area contributed by atoms with Gasteiger partial charge in [0.2, 0.25) is 5.91 Å². The first-order valence-corrected chi connectivity index (χ1v) is 8.12. The Labute approximate surface area is 165 Å². The molecular weight excluding hydrogens is 371 g/mol. The third-order valence-electron chi connectivity index (χ3n) is 3.87. The summed E-state index contributed by atoms with van der Waals surface area (Å²) in [5, 5.41) is 2.91. The number of para-hydroxylation sites is 2. The standard InChI is InChI=1S/C19H22N4O.2ClH/c1-14(20)9-19(24)21-11-15-5-4-6-16(10-15)12-23-13-22-17-7-2-3-8-18(17)23;;/h2-8,10,13-14H,9,11-12,20H2,1H3,(H,21,24);2*1H. The molecule has 1 amide bonds. The minimum atomic E-state index is -0.120. The van der Waals surface area contributed by atoms with Crippen molar-refractivity contribution >= 4 is 41.8 Å². The lowest BCUT2D eigenvalue weighted by Gasteiger charge is -2.09. The van der Waals surface area contributed by atoms with Gasteiger partial charge in [-0.05, 0) is 30.2 Å². The van der Waals surface area contributed by atoms with Crippen molar-refractivity contribution in [2.75, 3.05) is 0 Å². The Morgan fingerprint density at radius 1 is 1.15 bits per heavy atom. The first kappa shape index (κ1) is 22.0. The molecule has 0 spiro atoms. The molecule has 1 unspecified atom stereocenters. The summed E-state index contributed by atoms with van der Waals surface area (Å²) in [6.07, 6.45) is 2.21. The lowest BCUT2D eigenvalue weighted by Crippen LogP contribution is -2.29. The van der Waals surface area contributed by atoms with Crippen LogP contribution in [0, 0.1) is 0 Å². The minimum Gasteiger partial charge on any atom is -0.352 e. The number of fused-ring (bicyclic) bond motifs is 1. The van der Waals surface area contributed by atoms with Gasteiger partial charge in [0.05, 0.1) is 17.4 Å². The van der Waals surface area contributed by atoms with Crippen molar-refractivity contribution in [2.45, 2.75) is 32.5 Å². The number of nitrogens with two attached hydrogens (primary N) is 1. The third kappa shape index (κ3) is 5.73. The Morgan fingerprint density at radius 2 is 1.88 bits per heavy atom. The second-order valence-corrected chi connectivity index (χ2v) is 6.14. The fourth-order valence-electron chi connectivity index (χ4n) is 2.74. The maximum Gasteiger partial charge on any atom is 0.221 e. The van der Waals surface area contributed by atoms with Crippen LogP contribution in [-0.4, -0.2) is 21.5 Å². The molecule has 0 bridgehead atoms. The zero-order valence-electron chi connectivity index (χ0n) is 14.6. The van der Waals surface area contributed by atoms with Crippen molar-refractivity contribution in [3.63, 3.8) is 0 Å². The Morgan fingerprint density at radius 3 is 2.65 bits per heavy atom. The smallest absolute Gasteiger partial charge is 0.221 e. The van der Waals surface area contributed by atoms with Gasteiger partial charge in [-0.25, -0.2) is 4.98 Å². The first-order chi connectivity index (χ1) is 11.6. The van der Waals surface area contributed by atoms with E-state index in [1.54, 1.807) is 0 Å². The molecule has 5 nitrogen and oxygen atoms in total. The predicted octanol–water partition coefficient (Wildman–Crippen LogP) is 3.28. The van der Waals surface area contributed by atoms with E-state index in [2.05, 4.69) is 33.1 Å². The number of aromatic nitrogens is 2. The summed E-state index contributed by atoms with van der Waals surface area (Å²) in [6.45, 7) is 3.10. The van der Waals surface area contributed by atoms with Gasteiger partial charge in [0, 0.05) is 25.6 Å². The molecule has 0 radical (unpaired) electrons. The quantitative estimate of drug-likeness (QED) is 0.673. The third-order valence-corrected chi connectivity index (χ3v) is 3.87. The van der Waals surface area contributed by atoms with E-state index in [4.69, 9.17) is 5.73 Å². The molecule has 0 saturated carbocycles. The molecule has 7 heteroatoms. The van der Waals surface area contributed by atoms with E-state index in [1.165, 1.54) is 5.56 Å². The highest BCUT2D eigenvalue weighted by Gasteiger charge is 2.06. The second kappa shape index (κ2) is 10.2. The van der Waals surface area contributed by atoms with Crippen molar-refractivity contribution in [3.05, 3.63) is 66.0 Å². The number of halogens is 2. The predicted molar refractivity (Wildman–Crippen MR) is 110 cm³/mol. The molecule has 26 heavy (non-hydrogen) atoms. The molecule has 140 valence electrons. The van der Waals surface area contributed by atoms with Crippen LogP contribution in [0.25, 0.3) is 11.0 Å². The van der Waals surface area contributed by atoms with Gasteiger partial charge in [-0.3, -0.25) is 4.79 Å². The van der Waals surface area contributed by atoms with E-state index in [9.17, 15) is 4.79 Å². The lowest BCUT2D eigenvalue weighted by atomic mass is 10.1. The van der Waals surface area contributed by atoms with E-state index in [0.29, 0.717) is 13.0 Å². The van der Waals surface area contributed by atoms with Crippen molar-refractivity contribution in [1.82, 2.24) is 14.9 Å². The Balaban J connectivity index is 0.00000169. The van der Waals surface area contributed by atoms with Gasteiger partial charge in [0.15, 0.2) is 0 Å². The number of hydrogen-bond acceptors (Lipinski definition) is 3. The van der Waals surface area contributed by atoms with Crippen LogP contribution in [0.15, 0.2) is 54.9 Å². The Hall–Kier alpha value is -2.08. The van der Waals surface area contributed by atoms with E-state index in [0.717, 1.165) is 23.1 Å². The number of amides is 1. The topological polar surface area (TPSA) is 72.9 Å². The molecule has 0 fully saturated rings. The highest BCUT2D eigenvalue weighted by Crippen LogP contribution is 2.15. The maximum absolute atomic E-state index is 11.7. The molecular formula is C19H24Cl2N4O. The van der Waals surface area contributed by atoms with Crippen molar-refractivity contribution in [1.29, 1.82) is 0 Å².